The van der Waals surface area contributed by atoms with Gasteiger partial charge < -0.3 is 10.2 Å². The zero-order chi connectivity index (χ0) is 20.8. The third kappa shape index (κ3) is 3.41. The molecule has 0 saturated heterocycles. The van der Waals surface area contributed by atoms with E-state index in [1.165, 1.54) is 0 Å². The number of nitrogens with zero attached hydrogens (tertiary/aromatic N) is 2. The Hall–Kier alpha value is -2.77. The van der Waals surface area contributed by atoms with Crippen molar-refractivity contribution < 1.29 is 14.5 Å². The first-order valence-corrected chi connectivity index (χ1v) is 10.5. The van der Waals surface area contributed by atoms with Crippen LogP contribution in [0.2, 0.25) is 0 Å². The smallest absolute Gasteiger partial charge is 0.283 e. The van der Waals surface area contributed by atoms with Crippen LogP contribution in [0.4, 0.5) is 11.4 Å². The van der Waals surface area contributed by atoms with Gasteiger partial charge in [-0.15, -0.1) is 11.3 Å². The number of rotatable bonds is 4. The maximum absolute atomic E-state index is 13.3. The summed E-state index contributed by atoms with van der Waals surface area (Å²) in [7, 11) is 2.00. The minimum absolute atomic E-state index is 0.0633. The molecule has 150 valence electrons. The SMILES string of the molecule is C[C@@H](c1nc2ccccc2s1)[NH+](C)CC(=O)N1c2ccccc2NC(=O)C1(C)C. The monoisotopic (exact) mass is 409 g/mol. The normalized spacial score (nSPS) is 17.5. The largest absolute Gasteiger partial charge is 0.322 e. The third-order valence-electron chi connectivity index (χ3n) is 5.61. The molecule has 0 spiro atoms. The second-order valence-electron chi connectivity index (χ2n) is 8.02. The molecule has 2 atom stereocenters. The highest BCUT2D eigenvalue weighted by molar-refractivity contribution is 7.18. The maximum atomic E-state index is 13.3. The molecule has 2 amide bonds. The van der Waals surface area contributed by atoms with E-state index in [1.807, 2.05) is 49.5 Å². The van der Waals surface area contributed by atoms with Gasteiger partial charge in [-0.3, -0.25) is 14.5 Å². The topological polar surface area (TPSA) is 66.7 Å². The summed E-state index contributed by atoms with van der Waals surface area (Å²) in [5, 5.41) is 3.91. The van der Waals surface area contributed by atoms with Gasteiger partial charge in [0, 0.05) is 0 Å². The fourth-order valence-electron chi connectivity index (χ4n) is 3.66. The van der Waals surface area contributed by atoms with Gasteiger partial charge in [0.1, 0.15) is 11.6 Å². The van der Waals surface area contributed by atoms with Crippen molar-refractivity contribution in [3.05, 3.63) is 53.5 Å². The molecule has 1 aliphatic rings. The number of quaternary nitrogens is 1. The average Bonchev–Trinajstić information content (AvgIpc) is 3.12. The molecule has 1 unspecified atom stereocenters. The number of thiazole rings is 1. The van der Waals surface area contributed by atoms with Crippen molar-refractivity contribution in [3.63, 3.8) is 0 Å². The number of benzene rings is 2. The fourth-order valence-corrected chi connectivity index (χ4v) is 4.77. The summed E-state index contributed by atoms with van der Waals surface area (Å²) in [5.74, 6) is -0.260. The number of carbonyl (C=O) groups excluding carboxylic acids is 2. The highest BCUT2D eigenvalue weighted by Crippen LogP contribution is 2.36. The maximum Gasteiger partial charge on any atom is 0.283 e. The molecule has 0 saturated carbocycles. The third-order valence-corrected chi connectivity index (χ3v) is 6.83. The van der Waals surface area contributed by atoms with Crippen LogP contribution in [-0.2, 0) is 9.59 Å². The Morgan fingerprint density at radius 2 is 1.90 bits per heavy atom. The van der Waals surface area contributed by atoms with E-state index in [0.717, 1.165) is 25.8 Å². The van der Waals surface area contributed by atoms with Crippen molar-refractivity contribution in [1.29, 1.82) is 0 Å². The quantitative estimate of drug-likeness (QED) is 0.696. The average molecular weight is 410 g/mol. The highest BCUT2D eigenvalue weighted by atomic mass is 32.1. The van der Waals surface area contributed by atoms with Crippen molar-refractivity contribution >= 4 is 44.7 Å². The zero-order valence-corrected chi connectivity index (χ0v) is 17.8. The first-order chi connectivity index (χ1) is 13.8. The van der Waals surface area contributed by atoms with Crippen molar-refractivity contribution in [2.45, 2.75) is 32.4 Å². The van der Waals surface area contributed by atoms with Crippen LogP contribution in [-0.4, -0.2) is 35.9 Å². The number of aromatic nitrogens is 1. The van der Waals surface area contributed by atoms with Crippen LogP contribution in [0.1, 0.15) is 31.8 Å². The number of hydrogen-bond acceptors (Lipinski definition) is 4. The van der Waals surface area contributed by atoms with E-state index in [4.69, 9.17) is 4.98 Å². The molecular formula is C22H25N4O2S+. The molecular weight excluding hydrogens is 384 g/mol. The lowest BCUT2D eigenvalue weighted by Crippen LogP contribution is -3.10. The molecule has 0 radical (unpaired) electrons. The fraction of sp³-hybridized carbons (Fsp3) is 0.318. The summed E-state index contributed by atoms with van der Waals surface area (Å²) < 4.78 is 1.15. The Bertz CT molecular complexity index is 1060. The van der Waals surface area contributed by atoms with Crippen LogP contribution in [0, 0.1) is 0 Å². The van der Waals surface area contributed by atoms with Gasteiger partial charge in [0.05, 0.1) is 28.6 Å². The Morgan fingerprint density at radius 3 is 2.66 bits per heavy atom. The number of nitrogens with one attached hydrogen (secondary N) is 2. The Balaban J connectivity index is 1.58. The van der Waals surface area contributed by atoms with Crippen molar-refractivity contribution in [3.8, 4) is 0 Å². The molecule has 7 heteroatoms. The number of para-hydroxylation sites is 3. The summed E-state index contributed by atoms with van der Waals surface area (Å²) in [6.45, 7) is 5.91. The molecule has 0 fully saturated rings. The molecule has 1 aliphatic heterocycles. The molecule has 0 aliphatic carbocycles. The van der Waals surface area contributed by atoms with Crippen LogP contribution in [0.3, 0.4) is 0 Å². The van der Waals surface area contributed by atoms with Crippen LogP contribution >= 0.6 is 11.3 Å². The van der Waals surface area contributed by atoms with E-state index in [1.54, 1.807) is 30.1 Å². The number of likely N-dealkylation sites (N-methyl/N-ethyl adjacent to an activating group) is 1. The lowest BCUT2D eigenvalue weighted by atomic mass is 9.96. The lowest BCUT2D eigenvalue weighted by molar-refractivity contribution is -0.902. The van der Waals surface area contributed by atoms with Gasteiger partial charge in [-0.1, -0.05) is 24.3 Å². The summed E-state index contributed by atoms with van der Waals surface area (Å²) >= 11 is 1.66. The number of anilines is 2. The first kappa shape index (κ1) is 19.5. The van der Waals surface area contributed by atoms with E-state index in [2.05, 4.69) is 18.3 Å². The molecule has 1 aromatic heterocycles. The summed E-state index contributed by atoms with van der Waals surface area (Å²) in [6.07, 6.45) is 0. The van der Waals surface area contributed by atoms with Gasteiger partial charge in [0.2, 0.25) is 5.91 Å². The van der Waals surface area contributed by atoms with E-state index < -0.39 is 5.54 Å². The Morgan fingerprint density at radius 1 is 1.21 bits per heavy atom. The van der Waals surface area contributed by atoms with Crippen LogP contribution in [0.5, 0.6) is 0 Å². The summed E-state index contributed by atoms with van der Waals surface area (Å²) in [4.78, 5) is 33.4. The number of hydrogen-bond donors (Lipinski definition) is 2. The van der Waals surface area contributed by atoms with Crippen LogP contribution in [0.25, 0.3) is 10.2 Å². The first-order valence-electron chi connectivity index (χ1n) is 9.70. The van der Waals surface area contributed by atoms with Gasteiger partial charge in [-0.2, -0.15) is 0 Å². The molecule has 3 aromatic rings. The van der Waals surface area contributed by atoms with Crippen LogP contribution in [0.15, 0.2) is 48.5 Å². The molecule has 4 rings (SSSR count). The zero-order valence-electron chi connectivity index (χ0n) is 17.0. The molecule has 2 N–H and O–H groups in total. The van der Waals surface area contributed by atoms with Crippen LogP contribution < -0.4 is 15.1 Å². The predicted octanol–water partition coefficient (Wildman–Crippen LogP) is 2.64. The summed E-state index contributed by atoms with van der Waals surface area (Å²) in [5.41, 5.74) is 1.44. The van der Waals surface area contributed by atoms with E-state index >= 15 is 0 Å². The molecule has 2 aromatic carbocycles. The Kier molecular flexibility index (Phi) is 4.88. The van der Waals surface area contributed by atoms with Gasteiger partial charge in [-0.25, -0.2) is 4.98 Å². The number of amides is 2. The standard InChI is InChI=1S/C22H24N4O2S/c1-14(20-23-16-10-6-8-12-18(16)29-20)25(4)13-19(27)26-17-11-7-5-9-15(17)24-21(28)22(26,2)3/h5-12,14H,13H2,1-4H3,(H,24,28)/p+1/t14-/m0/s1. The van der Waals surface area contributed by atoms with E-state index in [-0.39, 0.29) is 24.4 Å². The highest BCUT2D eigenvalue weighted by Gasteiger charge is 2.44. The second-order valence-corrected chi connectivity index (χ2v) is 9.09. The number of carbonyl (C=O) groups is 2. The minimum atomic E-state index is -0.954. The van der Waals surface area contributed by atoms with Gasteiger partial charge in [0.25, 0.3) is 5.91 Å². The predicted molar refractivity (Wildman–Crippen MR) is 116 cm³/mol. The van der Waals surface area contributed by atoms with E-state index in [9.17, 15) is 9.59 Å². The van der Waals surface area contributed by atoms with Crippen molar-refractivity contribution in [2.75, 3.05) is 23.8 Å². The van der Waals surface area contributed by atoms with Gasteiger partial charge in [-0.05, 0) is 45.0 Å². The van der Waals surface area contributed by atoms with Gasteiger partial charge in [0.15, 0.2) is 11.6 Å². The summed E-state index contributed by atoms with van der Waals surface area (Å²) in [6, 6.07) is 15.6. The van der Waals surface area contributed by atoms with Gasteiger partial charge >= 0.3 is 0 Å². The van der Waals surface area contributed by atoms with Crippen molar-refractivity contribution in [1.82, 2.24) is 4.98 Å². The second kappa shape index (κ2) is 7.24. The molecule has 2 heterocycles. The Labute approximate surface area is 174 Å². The van der Waals surface area contributed by atoms with E-state index in [0.29, 0.717) is 5.69 Å². The van der Waals surface area contributed by atoms with Crippen molar-refractivity contribution in [2.24, 2.45) is 0 Å². The minimum Gasteiger partial charge on any atom is -0.322 e. The molecule has 29 heavy (non-hydrogen) atoms. The molecule has 0 bridgehead atoms. The molecule has 6 nitrogen and oxygen atoms in total. The number of fused-ring (bicyclic) bond motifs is 2. The lowest BCUT2D eigenvalue weighted by Gasteiger charge is -2.42.